The number of aryl methyl sites for hydroxylation is 1. The van der Waals surface area contributed by atoms with Crippen LogP contribution in [0.2, 0.25) is 0 Å². The Kier molecular flexibility index (Phi) is 7.97. The van der Waals surface area contributed by atoms with Crippen LogP contribution in [-0.2, 0) is 13.0 Å². The topological polar surface area (TPSA) is 49.3 Å². The van der Waals surface area contributed by atoms with Gasteiger partial charge in [-0.15, -0.1) is 23.1 Å². The molecule has 0 atom stereocenters. The number of hydrogen-bond acceptors (Lipinski definition) is 4. The van der Waals surface area contributed by atoms with Gasteiger partial charge in [-0.25, -0.2) is 9.98 Å². The molecule has 1 aromatic carbocycles. The molecule has 0 radical (unpaired) electrons. The Morgan fingerprint density at radius 3 is 2.74 bits per heavy atom. The maximum absolute atomic E-state index is 4.61. The second-order valence-electron chi connectivity index (χ2n) is 4.86. The van der Waals surface area contributed by atoms with Crippen LogP contribution < -0.4 is 10.6 Å². The van der Waals surface area contributed by atoms with E-state index in [4.69, 9.17) is 0 Å². The van der Waals surface area contributed by atoms with E-state index in [0.717, 1.165) is 36.2 Å². The van der Waals surface area contributed by atoms with Gasteiger partial charge in [0.25, 0.3) is 0 Å². The fourth-order valence-corrected chi connectivity index (χ4v) is 3.50. The average Bonchev–Trinajstić information content (AvgIpc) is 3.05. The minimum atomic E-state index is 0.631. The van der Waals surface area contributed by atoms with E-state index >= 15 is 0 Å². The lowest BCUT2D eigenvalue weighted by Gasteiger charge is -2.10. The third-order valence-electron chi connectivity index (χ3n) is 3.07. The molecule has 0 bridgehead atoms. The number of guanidine groups is 1. The van der Waals surface area contributed by atoms with Crippen LogP contribution in [0.15, 0.2) is 46.4 Å². The zero-order valence-corrected chi connectivity index (χ0v) is 15.3. The summed E-state index contributed by atoms with van der Waals surface area (Å²) >= 11 is 3.59. The Bertz CT molecular complexity index is 596. The highest BCUT2D eigenvalue weighted by atomic mass is 32.2. The van der Waals surface area contributed by atoms with E-state index in [2.05, 4.69) is 58.7 Å². The normalized spacial score (nSPS) is 11.5. The number of rotatable bonds is 8. The van der Waals surface area contributed by atoms with E-state index in [1.807, 2.05) is 24.0 Å². The summed E-state index contributed by atoms with van der Waals surface area (Å²) in [7, 11) is 0. The number of aliphatic imine (C=N–C) groups is 1. The van der Waals surface area contributed by atoms with Gasteiger partial charge < -0.3 is 10.6 Å². The zero-order valence-electron chi connectivity index (χ0n) is 13.7. The fraction of sp³-hybridized carbons (Fsp3) is 0.412. The number of nitrogens with zero attached hydrogens (tertiary/aromatic N) is 2. The Labute approximate surface area is 146 Å². The molecule has 0 aliphatic carbocycles. The maximum atomic E-state index is 4.61. The number of thiazole rings is 1. The van der Waals surface area contributed by atoms with Crippen molar-refractivity contribution in [2.45, 2.75) is 31.7 Å². The van der Waals surface area contributed by atoms with E-state index in [0.29, 0.717) is 6.54 Å². The van der Waals surface area contributed by atoms with Crippen molar-refractivity contribution >= 4 is 29.1 Å². The molecule has 6 heteroatoms. The Morgan fingerprint density at radius 2 is 2.04 bits per heavy atom. The lowest BCUT2D eigenvalue weighted by molar-refractivity contribution is 0.841. The highest BCUT2D eigenvalue weighted by Crippen LogP contribution is 2.16. The largest absolute Gasteiger partial charge is 0.357 e. The first kappa shape index (κ1) is 17.8. The highest BCUT2D eigenvalue weighted by molar-refractivity contribution is 7.99. The summed E-state index contributed by atoms with van der Waals surface area (Å²) in [4.78, 5) is 11.6. The van der Waals surface area contributed by atoms with E-state index in [1.165, 1.54) is 9.77 Å². The van der Waals surface area contributed by atoms with Crippen molar-refractivity contribution in [3.05, 3.63) is 46.4 Å². The van der Waals surface area contributed by atoms with Crippen LogP contribution in [0, 0.1) is 0 Å². The van der Waals surface area contributed by atoms with Gasteiger partial charge in [-0.2, -0.15) is 0 Å². The van der Waals surface area contributed by atoms with E-state index in [-0.39, 0.29) is 0 Å². The van der Waals surface area contributed by atoms with Gasteiger partial charge in [0.1, 0.15) is 5.01 Å². The number of thioether (sulfide) groups is 1. The monoisotopic (exact) mass is 348 g/mol. The molecule has 2 rings (SSSR count). The molecule has 0 spiro atoms. The fourth-order valence-electron chi connectivity index (χ4n) is 1.93. The van der Waals surface area contributed by atoms with Crippen molar-refractivity contribution in [2.75, 3.05) is 18.8 Å². The van der Waals surface area contributed by atoms with Crippen LogP contribution >= 0.6 is 23.1 Å². The van der Waals surface area contributed by atoms with Crippen LogP contribution in [0.4, 0.5) is 0 Å². The lowest BCUT2D eigenvalue weighted by Crippen LogP contribution is -2.38. The first-order valence-corrected chi connectivity index (χ1v) is 9.75. The minimum absolute atomic E-state index is 0.631. The van der Waals surface area contributed by atoms with E-state index in [1.54, 1.807) is 11.3 Å². The molecule has 0 saturated heterocycles. The van der Waals surface area contributed by atoms with E-state index < -0.39 is 0 Å². The smallest absolute Gasteiger partial charge is 0.191 e. The summed E-state index contributed by atoms with van der Waals surface area (Å²) in [5, 5.41) is 7.72. The van der Waals surface area contributed by atoms with Gasteiger partial charge >= 0.3 is 0 Å². The van der Waals surface area contributed by atoms with E-state index in [9.17, 15) is 0 Å². The van der Waals surface area contributed by atoms with Crippen molar-refractivity contribution in [1.29, 1.82) is 0 Å². The van der Waals surface area contributed by atoms with Gasteiger partial charge in [-0.3, -0.25) is 0 Å². The van der Waals surface area contributed by atoms with Crippen LogP contribution in [0.25, 0.3) is 0 Å². The standard InChI is InChI=1S/C17H24N4S2/c1-3-14-12-20-16(23-14)13-21-17(18-4-2)19-10-11-22-15-8-6-5-7-9-15/h5-9,12H,3-4,10-11,13H2,1-2H3,(H2,18,19,21). The van der Waals surface area contributed by atoms with Crippen molar-refractivity contribution in [3.8, 4) is 0 Å². The second-order valence-corrected chi connectivity index (χ2v) is 7.23. The third kappa shape index (κ3) is 6.62. The SMILES string of the molecule is CCNC(=NCc1ncc(CC)s1)NCCSc1ccccc1. The summed E-state index contributed by atoms with van der Waals surface area (Å²) in [5.41, 5.74) is 0. The predicted octanol–water partition coefficient (Wildman–Crippen LogP) is 3.55. The molecule has 0 unspecified atom stereocenters. The van der Waals surface area contributed by atoms with Crippen LogP contribution in [-0.4, -0.2) is 29.8 Å². The lowest BCUT2D eigenvalue weighted by atomic mass is 10.4. The third-order valence-corrected chi connectivity index (χ3v) is 5.21. The Hall–Kier alpha value is -1.53. The molecule has 4 nitrogen and oxygen atoms in total. The summed E-state index contributed by atoms with van der Waals surface area (Å²) in [6.45, 7) is 6.59. The molecule has 2 N–H and O–H groups in total. The van der Waals surface area contributed by atoms with Crippen LogP contribution in [0.5, 0.6) is 0 Å². The molecule has 1 aromatic heterocycles. The van der Waals surface area contributed by atoms with Crippen LogP contribution in [0.1, 0.15) is 23.7 Å². The number of nitrogens with one attached hydrogen (secondary N) is 2. The van der Waals surface area contributed by atoms with Gasteiger partial charge in [-0.1, -0.05) is 25.1 Å². The number of benzene rings is 1. The summed E-state index contributed by atoms with van der Waals surface area (Å²) < 4.78 is 0. The molecule has 0 aliphatic rings. The molecule has 2 aromatic rings. The van der Waals surface area contributed by atoms with Gasteiger partial charge in [-0.05, 0) is 25.5 Å². The van der Waals surface area contributed by atoms with Gasteiger partial charge in [0.05, 0.1) is 6.54 Å². The molecule has 1 heterocycles. The number of hydrogen-bond donors (Lipinski definition) is 2. The molecule has 23 heavy (non-hydrogen) atoms. The molecular formula is C17H24N4S2. The maximum Gasteiger partial charge on any atom is 0.191 e. The first-order chi connectivity index (χ1) is 11.3. The Balaban J connectivity index is 1.77. The van der Waals surface area contributed by atoms with Gasteiger partial charge in [0, 0.05) is 34.8 Å². The second kappa shape index (κ2) is 10.3. The van der Waals surface area contributed by atoms with Crippen molar-refractivity contribution in [3.63, 3.8) is 0 Å². The summed E-state index contributed by atoms with van der Waals surface area (Å²) in [5.74, 6) is 1.86. The molecule has 0 aliphatic heterocycles. The predicted molar refractivity (Wildman–Crippen MR) is 101 cm³/mol. The summed E-state index contributed by atoms with van der Waals surface area (Å²) in [6, 6.07) is 10.5. The van der Waals surface area contributed by atoms with Crippen molar-refractivity contribution in [1.82, 2.24) is 15.6 Å². The van der Waals surface area contributed by atoms with Gasteiger partial charge in [0.2, 0.25) is 0 Å². The number of aromatic nitrogens is 1. The van der Waals surface area contributed by atoms with Crippen molar-refractivity contribution in [2.24, 2.45) is 4.99 Å². The average molecular weight is 349 g/mol. The highest BCUT2D eigenvalue weighted by Gasteiger charge is 2.01. The Morgan fingerprint density at radius 1 is 1.22 bits per heavy atom. The van der Waals surface area contributed by atoms with Crippen LogP contribution in [0.3, 0.4) is 0 Å². The molecule has 0 amide bonds. The molecule has 0 fully saturated rings. The molecular weight excluding hydrogens is 324 g/mol. The quantitative estimate of drug-likeness (QED) is 0.331. The van der Waals surface area contributed by atoms with Crippen molar-refractivity contribution < 1.29 is 0 Å². The minimum Gasteiger partial charge on any atom is -0.357 e. The molecule has 0 saturated carbocycles. The summed E-state index contributed by atoms with van der Waals surface area (Å²) in [6.07, 6.45) is 2.99. The molecule has 124 valence electrons. The van der Waals surface area contributed by atoms with Gasteiger partial charge in [0.15, 0.2) is 5.96 Å². The first-order valence-electron chi connectivity index (χ1n) is 7.95. The zero-order chi connectivity index (χ0) is 16.3.